The van der Waals surface area contributed by atoms with Gasteiger partial charge in [0.2, 0.25) is 0 Å². The molecule has 1 atom stereocenters. The molecule has 0 aliphatic carbocycles. The maximum atomic E-state index is 5.95. The van der Waals surface area contributed by atoms with Crippen molar-refractivity contribution in [2.75, 3.05) is 60.6 Å². The SMILES string of the molecule is CCNC(=NCC(C)Oc1ccccc1OC)NCCCN(C)CCOC. The van der Waals surface area contributed by atoms with Crippen molar-refractivity contribution in [1.29, 1.82) is 0 Å². The van der Waals surface area contributed by atoms with Crippen LogP contribution < -0.4 is 20.1 Å². The Morgan fingerprint density at radius 2 is 1.89 bits per heavy atom. The second kappa shape index (κ2) is 14.1. The van der Waals surface area contributed by atoms with Gasteiger partial charge < -0.3 is 29.7 Å². The summed E-state index contributed by atoms with van der Waals surface area (Å²) in [5.74, 6) is 2.28. The number of likely N-dealkylation sites (N-methyl/N-ethyl adjacent to an activating group) is 1. The molecule has 0 aliphatic heterocycles. The predicted octanol–water partition coefficient (Wildman–Crippen LogP) is 1.99. The van der Waals surface area contributed by atoms with E-state index in [1.165, 1.54) is 0 Å². The molecule has 1 aromatic rings. The summed E-state index contributed by atoms with van der Waals surface area (Å²) in [6.07, 6.45) is 0.981. The lowest BCUT2D eigenvalue weighted by Gasteiger charge is -2.18. The summed E-state index contributed by atoms with van der Waals surface area (Å²) in [4.78, 5) is 6.89. The number of ether oxygens (including phenoxy) is 3. The Hall–Kier alpha value is -1.99. The highest BCUT2D eigenvalue weighted by molar-refractivity contribution is 5.79. The Labute approximate surface area is 164 Å². The third kappa shape index (κ3) is 10.1. The summed E-state index contributed by atoms with van der Waals surface area (Å²) < 4.78 is 16.4. The Morgan fingerprint density at radius 3 is 2.56 bits per heavy atom. The third-order valence-electron chi connectivity index (χ3n) is 3.93. The summed E-state index contributed by atoms with van der Waals surface area (Å²) in [5, 5.41) is 6.65. The van der Waals surface area contributed by atoms with Crippen molar-refractivity contribution in [2.45, 2.75) is 26.4 Å². The van der Waals surface area contributed by atoms with E-state index in [-0.39, 0.29) is 6.10 Å². The first-order valence-corrected chi connectivity index (χ1v) is 9.60. The van der Waals surface area contributed by atoms with E-state index in [1.54, 1.807) is 14.2 Å². The standard InChI is InChI=1S/C20H36N4O3/c1-6-21-20(22-12-9-13-24(3)14-15-25-4)23-16-17(2)27-19-11-8-7-10-18(19)26-5/h7-8,10-11,17H,6,9,12-16H2,1-5H3,(H2,21,22,23). The zero-order chi connectivity index (χ0) is 19.9. The highest BCUT2D eigenvalue weighted by atomic mass is 16.5. The molecule has 0 aromatic heterocycles. The van der Waals surface area contributed by atoms with Gasteiger partial charge >= 0.3 is 0 Å². The number of hydrogen-bond acceptors (Lipinski definition) is 5. The van der Waals surface area contributed by atoms with E-state index in [9.17, 15) is 0 Å². The van der Waals surface area contributed by atoms with Gasteiger partial charge in [-0.25, -0.2) is 4.99 Å². The fraction of sp³-hybridized carbons (Fsp3) is 0.650. The minimum Gasteiger partial charge on any atom is -0.493 e. The zero-order valence-corrected chi connectivity index (χ0v) is 17.5. The molecule has 154 valence electrons. The van der Waals surface area contributed by atoms with Crippen LogP contribution in [-0.4, -0.2) is 77.6 Å². The smallest absolute Gasteiger partial charge is 0.191 e. The van der Waals surface area contributed by atoms with Gasteiger partial charge in [0.15, 0.2) is 17.5 Å². The topological polar surface area (TPSA) is 67.4 Å². The molecule has 1 rings (SSSR count). The quantitative estimate of drug-likeness (QED) is 0.310. The molecule has 2 N–H and O–H groups in total. The molecule has 0 heterocycles. The maximum absolute atomic E-state index is 5.95. The maximum Gasteiger partial charge on any atom is 0.191 e. The van der Waals surface area contributed by atoms with Crippen molar-refractivity contribution in [3.63, 3.8) is 0 Å². The van der Waals surface area contributed by atoms with Gasteiger partial charge in [0.05, 0.1) is 20.3 Å². The Bertz CT molecular complexity index is 540. The van der Waals surface area contributed by atoms with Gasteiger partial charge in [0, 0.05) is 26.7 Å². The van der Waals surface area contributed by atoms with Crippen LogP contribution in [0.5, 0.6) is 11.5 Å². The number of guanidine groups is 1. The number of para-hydroxylation sites is 2. The molecular formula is C20H36N4O3. The predicted molar refractivity (Wildman–Crippen MR) is 111 cm³/mol. The monoisotopic (exact) mass is 380 g/mol. The van der Waals surface area contributed by atoms with Crippen LogP contribution in [0.25, 0.3) is 0 Å². The first-order chi connectivity index (χ1) is 13.1. The second-order valence-corrected chi connectivity index (χ2v) is 6.38. The molecule has 1 unspecified atom stereocenters. The van der Waals surface area contributed by atoms with E-state index in [1.807, 2.05) is 31.2 Å². The lowest BCUT2D eigenvalue weighted by atomic mass is 10.3. The van der Waals surface area contributed by atoms with Crippen molar-refractivity contribution in [1.82, 2.24) is 15.5 Å². The van der Waals surface area contributed by atoms with Gasteiger partial charge in [0.1, 0.15) is 6.10 Å². The molecule has 0 aliphatic rings. The van der Waals surface area contributed by atoms with Crippen LogP contribution in [0.4, 0.5) is 0 Å². The summed E-state index contributed by atoms with van der Waals surface area (Å²) in [6.45, 7) is 9.03. The number of methoxy groups -OCH3 is 2. The van der Waals surface area contributed by atoms with Crippen LogP contribution >= 0.6 is 0 Å². The summed E-state index contributed by atoms with van der Waals surface area (Å²) in [5.41, 5.74) is 0. The van der Waals surface area contributed by atoms with Crippen molar-refractivity contribution in [3.8, 4) is 11.5 Å². The molecule has 0 bridgehead atoms. The third-order valence-corrected chi connectivity index (χ3v) is 3.93. The molecule has 0 saturated carbocycles. The van der Waals surface area contributed by atoms with E-state index in [0.717, 1.165) is 56.7 Å². The number of nitrogens with one attached hydrogen (secondary N) is 2. The van der Waals surface area contributed by atoms with Gasteiger partial charge in [0.25, 0.3) is 0 Å². The average molecular weight is 381 g/mol. The van der Waals surface area contributed by atoms with E-state index in [4.69, 9.17) is 14.2 Å². The molecule has 7 heteroatoms. The van der Waals surface area contributed by atoms with Crippen LogP contribution in [-0.2, 0) is 4.74 Å². The van der Waals surface area contributed by atoms with Crippen molar-refractivity contribution < 1.29 is 14.2 Å². The fourth-order valence-corrected chi connectivity index (χ4v) is 2.45. The summed E-state index contributed by atoms with van der Waals surface area (Å²) >= 11 is 0. The average Bonchev–Trinajstić information content (AvgIpc) is 2.68. The van der Waals surface area contributed by atoms with Gasteiger partial charge in [-0.05, 0) is 46.0 Å². The lowest BCUT2D eigenvalue weighted by Crippen LogP contribution is -2.39. The Kier molecular flexibility index (Phi) is 12.1. The van der Waals surface area contributed by atoms with Crippen molar-refractivity contribution in [3.05, 3.63) is 24.3 Å². The number of aliphatic imine (C=N–C) groups is 1. The first kappa shape index (κ1) is 23.0. The van der Waals surface area contributed by atoms with Crippen molar-refractivity contribution in [2.24, 2.45) is 4.99 Å². The zero-order valence-electron chi connectivity index (χ0n) is 17.5. The minimum absolute atomic E-state index is 0.0584. The molecule has 0 amide bonds. The highest BCUT2D eigenvalue weighted by Gasteiger charge is 2.08. The van der Waals surface area contributed by atoms with Crippen LogP contribution in [0, 0.1) is 0 Å². The Balaban J connectivity index is 2.41. The number of benzene rings is 1. The fourth-order valence-electron chi connectivity index (χ4n) is 2.45. The molecular weight excluding hydrogens is 344 g/mol. The summed E-state index contributed by atoms with van der Waals surface area (Å²) in [6, 6.07) is 7.65. The second-order valence-electron chi connectivity index (χ2n) is 6.38. The molecule has 0 radical (unpaired) electrons. The molecule has 0 saturated heterocycles. The van der Waals surface area contributed by atoms with Gasteiger partial charge in [-0.3, -0.25) is 0 Å². The number of rotatable bonds is 13. The Morgan fingerprint density at radius 1 is 1.15 bits per heavy atom. The molecule has 1 aromatic carbocycles. The molecule has 7 nitrogen and oxygen atoms in total. The number of nitrogens with zero attached hydrogens (tertiary/aromatic N) is 2. The van der Waals surface area contributed by atoms with Crippen LogP contribution in [0.15, 0.2) is 29.3 Å². The molecule has 0 spiro atoms. The van der Waals surface area contributed by atoms with Crippen LogP contribution in [0.2, 0.25) is 0 Å². The lowest BCUT2D eigenvalue weighted by molar-refractivity contribution is 0.161. The molecule has 0 fully saturated rings. The van der Waals surface area contributed by atoms with E-state index in [0.29, 0.717) is 6.54 Å². The van der Waals surface area contributed by atoms with Crippen LogP contribution in [0.1, 0.15) is 20.3 Å². The normalized spacial score (nSPS) is 12.7. The van der Waals surface area contributed by atoms with Crippen LogP contribution in [0.3, 0.4) is 0 Å². The van der Waals surface area contributed by atoms with E-state index < -0.39 is 0 Å². The first-order valence-electron chi connectivity index (χ1n) is 9.60. The largest absolute Gasteiger partial charge is 0.493 e. The van der Waals surface area contributed by atoms with Crippen molar-refractivity contribution >= 4 is 5.96 Å². The minimum atomic E-state index is -0.0584. The number of hydrogen-bond donors (Lipinski definition) is 2. The summed E-state index contributed by atoms with van der Waals surface area (Å²) in [7, 11) is 5.48. The van der Waals surface area contributed by atoms with Gasteiger partial charge in [-0.15, -0.1) is 0 Å². The van der Waals surface area contributed by atoms with E-state index >= 15 is 0 Å². The highest BCUT2D eigenvalue weighted by Crippen LogP contribution is 2.26. The molecule has 27 heavy (non-hydrogen) atoms. The van der Waals surface area contributed by atoms with Gasteiger partial charge in [-0.1, -0.05) is 12.1 Å². The van der Waals surface area contributed by atoms with E-state index in [2.05, 4.69) is 34.5 Å². The van der Waals surface area contributed by atoms with Gasteiger partial charge in [-0.2, -0.15) is 0 Å².